The molecule has 5 nitrogen and oxygen atoms in total. The van der Waals surface area contributed by atoms with Gasteiger partial charge in [-0.15, -0.1) is 0 Å². The third-order valence-electron chi connectivity index (χ3n) is 2.28. The molecule has 0 heterocycles. The van der Waals surface area contributed by atoms with Gasteiger partial charge in [0.15, 0.2) is 5.96 Å². The molecule has 0 spiro atoms. The molecule has 0 aliphatic carbocycles. The molecule has 0 saturated carbocycles. The molecule has 2 N–H and O–H groups in total. The molecule has 0 saturated heterocycles. The van der Waals surface area contributed by atoms with E-state index in [-0.39, 0.29) is 5.75 Å². The largest absolute Gasteiger partial charge is 0.356 e. The van der Waals surface area contributed by atoms with Crippen molar-refractivity contribution < 1.29 is 8.42 Å². The molecular weight excluding hydrogens is 238 g/mol. The van der Waals surface area contributed by atoms with Crippen LogP contribution >= 0.6 is 0 Å². The third kappa shape index (κ3) is 11.5. The second-order valence-corrected chi connectivity index (χ2v) is 6.38. The van der Waals surface area contributed by atoms with Gasteiger partial charge in [0.2, 0.25) is 0 Å². The summed E-state index contributed by atoms with van der Waals surface area (Å²) < 4.78 is 21.8. The number of nitrogens with one attached hydrogen (secondary N) is 2. The highest BCUT2D eigenvalue weighted by atomic mass is 32.2. The van der Waals surface area contributed by atoms with Gasteiger partial charge in [-0.25, -0.2) is 8.42 Å². The van der Waals surface area contributed by atoms with E-state index in [1.54, 1.807) is 7.05 Å². The maximum atomic E-state index is 10.9. The van der Waals surface area contributed by atoms with Gasteiger partial charge in [0, 0.05) is 26.4 Å². The van der Waals surface area contributed by atoms with E-state index in [1.807, 2.05) is 0 Å². The van der Waals surface area contributed by atoms with Crippen molar-refractivity contribution in [3.63, 3.8) is 0 Å². The molecule has 0 aliphatic heterocycles. The van der Waals surface area contributed by atoms with Gasteiger partial charge in [0.1, 0.15) is 9.84 Å². The predicted molar refractivity (Wildman–Crippen MR) is 73.2 cm³/mol. The van der Waals surface area contributed by atoms with Crippen molar-refractivity contribution in [3.8, 4) is 0 Å². The van der Waals surface area contributed by atoms with Crippen molar-refractivity contribution in [2.45, 2.75) is 32.6 Å². The number of nitrogens with zero attached hydrogens (tertiary/aromatic N) is 1. The minimum atomic E-state index is -2.85. The standard InChI is InChI=1S/C11H25N3O2S/c1-4-5-6-8-13-11(12-2)14-9-7-10-17(3,15)16/h4-10H2,1-3H3,(H2,12,13,14). The first-order chi connectivity index (χ1) is 7.99. The highest BCUT2D eigenvalue weighted by Crippen LogP contribution is 1.91. The van der Waals surface area contributed by atoms with Gasteiger partial charge in [-0.05, 0) is 12.8 Å². The smallest absolute Gasteiger partial charge is 0.190 e. The summed E-state index contributed by atoms with van der Waals surface area (Å²) in [5.74, 6) is 0.960. The summed E-state index contributed by atoms with van der Waals surface area (Å²) >= 11 is 0. The van der Waals surface area contributed by atoms with E-state index in [0.717, 1.165) is 18.9 Å². The Kier molecular flexibility index (Phi) is 8.85. The molecule has 0 aliphatic rings. The molecule has 0 bridgehead atoms. The topological polar surface area (TPSA) is 70.6 Å². The fourth-order valence-corrected chi connectivity index (χ4v) is 2.01. The zero-order valence-electron chi connectivity index (χ0n) is 11.1. The van der Waals surface area contributed by atoms with Crippen LogP contribution in [0.25, 0.3) is 0 Å². The summed E-state index contributed by atoms with van der Waals surface area (Å²) in [4.78, 5) is 4.06. The van der Waals surface area contributed by atoms with Crippen LogP contribution in [0.15, 0.2) is 4.99 Å². The Morgan fingerprint density at radius 1 is 1.12 bits per heavy atom. The van der Waals surface area contributed by atoms with E-state index >= 15 is 0 Å². The number of hydrogen-bond donors (Lipinski definition) is 2. The van der Waals surface area contributed by atoms with Crippen LogP contribution in [0.2, 0.25) is 0 Å². The molecule has 0 aromatic heterocycles. The summed E-state index contributed by atoms with van der Waals surface area (Å²) in [6.07, 6.45) is 5.39. The van der Waals surface area contributed by atoms with Crippen LogP contribution in [0.5, 0.6) is 0 Å². The lowest BCUT2D eigenvalue weighted by atomic mass is 10.2. The summed E-state index contributed by atoms with van der Waals surface area (Å²) in [6.45, 7) is 3.69. The first-order valence-corrected chi connectivity index (χ1v) is 8.18. The van der Waals surface area contributed by atoms with Crippen LogP contribution in [0.4, 0.5) is 0 Å². The molecule has 0 amide bonds. The van der Waals surface area contributed by atoms with Crippen molar-refractivity contribution in [1.29, 1.82) is 0 Å². The van der Waals surface area contributed by atoms with Crippen molar-refractivity contribution in [3.05, 3.63) is 0 Å². The molecule has 0 aromatic rings. The monoisotopic (exact) mass is 263 g/mol. The molecule has 0 atom stereocenters. The van der Waals surface area contributed by atoms with Gasteiger partial charge >= 0.3 is 0 Å². The van der Waals surface area contributed by atoms with Crippen LogP contribution in [0.1, 0.15) is 32.6 Å². The number of rotatable bonds is 8. The first kappa shape index (κ1) is 16.2. The third-order valence-corrected chi connectivity index (χ3v) is 3.31. The molecule has 0 radical (unpaired) electrons. The lowest BCUT2D eigenvalue weighted by Crippen LogP contribution is -2.38. The van der Waals surface area contributed by atoms with Gasteiger partial charge in [0.25, 0.3) is 0 Å². The second-order valence-electron chi connectivity index (χ2n) is 4.12. The second kappa shape index (κ2) is 9.27. The van der Waals surface area contributed by atoms with Gasteiger partial charge in [-0.2, -0.15) is 0 Å². The molecule has 0 rings (SSSR count). The van der Waals surface area contributed by atoms with E-state index in [1.165, 1.54) is 19.1 Å². The maximum Gasteiger partial charge on any atom is 0.190 e. The van der Waals surface area contributed by atoms with Crippen molar-refractivity contribution >= 4 is 15.8 Å². The maximum absolute atomic E-state index is 10.9. The highest BCUT2D eigenvalue weighted by molar-refractivity contribution is 7.90. The first-order valence-electron chi connectivity index (χ1n) is 6.12. The van der Waals surface area contributed by atoms with Crippen molar-refractivity contribution in [1.82, 2.24) is 10.6 Å². The lowest BCUT2D eigenvalue weighted by Gasteiger charge is -2.11. The average molecular weight is 263 g/mol. The van der Waals surface area contributed by atoms with Gasteiger partial charge in [0.05, 0.1) is 5.75 Å². The normalized spacial score (nSPS) is 12.5. The van der Waals surface area contributed by atoms with Crippen LogP contribution in [0.3, 0.4) is 0 Å². The molecular formula is C11H25N3O2S. The Morgan fingerprint density at radius 3 is 2.18 bits per heavy atom. The van der Waals surface area contributed by atoms with E-state index in [4.69, 9.17) is 0 Å². The molecule has 17 heavy (non-hydrogen) atoms. The summed E-state index contributed by atoms with van der Waals surface area (Å²) in [6, 6.07) is 0. The van der Waals surface area contributed by atoms with Crippen molar-refractivity contribution in [2.24, 2.45) is 4.99 Å². The quantitative estimate of drug-likeness (QED) is 0.386. The van der Waals surface area contributed by atoms with Gasteiger partial charge in [-0.3, -0.25) is 4.99 Å². The Hall–Kier alpha value is -0.780. The van der Waals surface area contributed by atoms with Crippen LogP contribution in [0, 0.1) is 0 Å². The Morgan fingerprint density at radius 2 is 1.71 bits per heavy atom. The molecule has 0 aromatic carbocycles. The minimum absolute atomic E-state index is 0.215. The van der Waals surface area contributed by atoms with Crippen LogP contribution < -0.4 is 10.6 Å². The summed E-state index contributed by atoms with van der Waals surface area (Å²) in [5, 5.41) is 6.28. The van der Waals surface area contributed by atoms with Gasteiger partial charge in [-0.1, -0.05) is 19.8 Å². The minimum Gasteiger partial charge on any atom is -0.356 e. The summed E-state index contributed by atoms with van der Waals surface area (Å²) in [5.41, 5.74) is 0. The number of hydrogen-bond acceptors (Lipinski definition) is 3. The molecule has 6 heteroatoms. The highest BCUT2D eigenvalue weighted by Gasteiger charge is 2.02. The fourth-order valence-electron chi connectivity index (χ4n) is 1.34. The van der Waals surface area contributed by atoms with Crippen LogP contribution in [-0.4, -0.2) is 46.5 Å². The van der Waals surface area contributed by atoms with E-state index in [0.29, 0.717) is 13.0 Å². The average Bonchev–Trinajstić information content (AvgIpc) is 2.25. The number of guanidine groups is 1. The zero-order valence-corrected chi connectivity index (χ0v) is 11.9. The predicted octanol–water partition coefficient (Wildman–Crippen LogP) is 0.776. The number of unbranched alkanes of at least 4 members (excludes halogenated alkanes) is 2. The Balaban J connectivity index is 3.62. The van der Waals surface area contributed by atoms with Crippen molar-refractivity contribution in [2.75, 3.05) is 32.1 Å². The fraction of sp³-hybridized carbons (Fsp3) is 0.909. The molecule has 0 fully saturated rings. The lowest BCUT2D eigenvalue weighted by molar-refractivity contribution is 0.598. The van der Waals surface area contributed by atoms with Gasteiger partial charge < -0.3 is 10.6 Å². The number of aliphatic imine (C=N–C) groups is 1. The summed E-state index contributed by atoms with van der Waals surface area (Å²) in [7, 11) is -1.14. The van der Waals surface area contributed by atoms with E-state index < -0.39 is 9.84 Å². The van der Waals surface area contributed by atoms with E-state index in [2.05, 4.69) is 22.5 Å². The Labute approximate surface area is 105 Å². The van der Waals surface area contributed by atoms with E-state index in [9.17, 15) is 8.42 Å². The molecule has 0 unspecified atom stereocenters. The number of sulfone groups is 1. The SMILES string of the molecule is CCCCCNC(=NC)NCCCS(C)(=O)=O. The molecule has 102 valence electrons. The zero-order chi connectivity index (χ0) is 13.1. The van der Waals surface area contributed by atoms with Crippen LogP contribution in [-0.2, 0) is 9.84 Å². The Bertz CT molecular complexity index is 313.